The first-order valence-corrected chi connectivity index (χ1v) is 2.35. The first-order chi connectivity index (χ1) is 3.43. The van der Waals surface area contributed by atoms with Crippen molar-refractivity contribution < 1.29 is 0 Å². The number of rotatable bonds is 1. The van der Waals surface area contributed by atoms with Gasteiger partial charge in [0.2, 0.25) is 5.13 Å². The van der Waals surface area contributed by atoms with Gasteiger partial charge in [-0.1, -0.05) is 0 Å². The van der Waals surface area contributed by atoms with Crippen LogP contribution in [-0.4, -0.2) is 9.36 Å². The molecule has 1 rings (SSSR count). The zero-order valence-corrected chi connectivity index (χ0v) is 4.14. The highest BCUT2D eigenvalue weighted by atomic mass is 32.1. The van der Waals surface area contributed by atoms with Gasteiger partial charge in [-0.15, -0.1) is 5.11 Å². The van der Waals surface area contributed by atoms with E-state index in [-0.39, 0.29) is 0 Å². The monoisotopic (exact) mass is 114 g/mol. The fourth-order valence-electron chi connectivity index (χ4n) is 0.217. The second-order valence-electron chi connectivity index (χ2n) is 0.836. The Bertz CT molecular complexity index is 145. The number of aromatic nitrogens is 2. The zero-order valence-electron chi connectivity index (χ0n) is 3.33. The summed E-state index contributed by atoms with van der Waals surface area (Å²) in [5.74, 6) is 0. The molecule has 0 saturated carbocycles. The third-order valence-corrected chi connectivity index (χ3v) is 1.00. The van der Waals surface area contributed by atoms with Crippen LogP contribution < -0.4 is 0 Å². The Morgan fingerprint density at radius 3 is 3.00 bits per heavy atom. The summed E-state index contributed by atoms with van der Waals surface area (Å²) in [5.41, 5.74) is 6.39. The van der Waals surface area contributed by atoms with E-state index in [1.54, 1.807) is 0 Å². The lowest BCUT2D eigenvalue weighted by molar-refractivity contribution is 1.12. The van der Waals surface area contributed by atoms with E-state index < -0.39 is 0 Å². The highest BCUT2D eigenvalue weighted by Crippen LogP contribution is 2.08. The van der Waals surface area contributed by atoms with Crippen LogP contribution in [0.3, 0.4) is 0 Å². The van der Waals surface area contributed by atoms with Crippen LogP contribution in [-0.2, 0) is 0 Å². The maximum atomic E-state index is 6.39. The minimum Gasteiger partial charge on any atom is -0.204 e. The average molecular weight is 114 g/mol. The van der Waals surface area contributed by atoms with E-state index in [0.29, 0.717) is 5.13 Å². The average Bonchev–Trinajstić information content (AvgIpc) is 2.14. The van der Waals surface area contributed by atoms with Gasteiger partial charge in [-0.25, -0.2) is 10.5 Å². The summed E-state index contributed by atoms with van der Waals surface area (Å²) in [6, 6.07) is 0. The Hall–Kier alpha value is -0.840. The van der Waals surface area contributed by atoms with Gasteiger partial charge < -0.3 is 0 Å². The SMILES string of the molecule is N=Nc1ncns1. The third kappa shape index (κ3) is 0.774. The van der Waals surface area contributed by atoms with Crippen molar-refractivity contribution in [1.29, 1.82) is 5.53 Å². The molecule has 0 unspecified atom stereocenters. The van der Waals surface area contributed by atoms with Gasteiger partial charge in [0.15, 0.2) is 0 Å². The lowest BCUT2D eigenvalue weighted by atomic mass is 11.2. The molecule has 1 N–H and O–H groups in total. The van der Waals surface area contributed by atoms with Crippen molar-refractivity contribution in [3.8, 4) is 0 Å². The molecule has 0 amide bonds. The molecule has 0 bridgehead atoms. The van der Waals surface area contributed by atoms with Crippen molar-refractivity contribution in [2.24, 2.45) is 5.11 Å². The molecule has 0 aromatic carbocycles. The molecule has 7 heavy (non-hydrogen) atoms. The maximum absolute atomic E-state index is 6.39. The second kappa shape index (κ2) is 1.74. The molecule has 0 atom stereocenters. The summed E-state index contributed by atoms with van der Waals surface area (Å²) in [6.45, 7) is 0. The van der Waals surface area contributed by atoms with Crippen LogP contribution in [0, 0.1) is 5.53 Å². The normalized spacial score (nSPS) is 8.57. The van der Waals surface area contributed by atoms with Crippen molar-refractivity contribution >= 4 is 16.7 Å². The van der Waals surface area contributed by atoms with Crippen LogP contribution in [0.1, 0.15) is 0 Å². The molecule has 4 nitrogen and oxygen atoms in total. The van der Waals surface area contributed by atoms with Crippen molar-refractivity contribution in [3.05, 3.63) is 6.33 Å². The summed E-state index contributed by atoms with van der Waals surface area (Å²) < 4.78 is 3.61. The Morgan fingerprint density at radius 2 is 2.71 bits per heavy atom. The maximum Gasteiger partial charge on any atom is 0.248 e. The molecule has 36 valence electrons. The van der Waals surface area contributed by atoms with Crippen molar-refractivity contribution in [1.82, 2.24) is 9.36 Å². The number of nitrogens with one attached hydrogen (secondary N) is 1. The lowest BCUT2D eigenvalue weighted by Crippen LogP contribution is -1.50. The lowest BCUT2D eigenvalue weighted by Gasteiger charge is -1.65. The van der Waals surface area contributed by atoms with Crippen LogP contribution >= 0.6 is 11.5 Å². The zero-order chi connectivity index (χ0) is 5.11. The third-order valence-electron chi connectivity index (χ3n) is 0.445. The summed E-state index contributed by atoms with van der Waals surface area (Å²) in [4.78, 5) is 3.59. The molecule has 0 fully saturated rings. The van der Waals surface area contributed by atoms with Crippen LogP contribution in [0.2, 0.25) is 0 Å². The first kappa shape index (κ1) is 4.32. The fourth-order valence-corrected chi connectivity index (χ4v) is 0.540. The van der Waals surface area contributed by atoms with Crippen molar-refractivity contribution in [2.45, 2.75) is 0 Å². The van der Waals surface area contributed by atoms with E-state index in [2.05, 4.69) is 14.5 Å². The van der Waals surface area contributed by atoms with Gasteiger partial charge in [0, 0.05) is 11.5 Å². The number of nitrogens with zero attached hydrogens (tertiary/aromatic N) is 3. The highest BCUT2D eigenvalue weighted by Gasteiger charge is 1.85. The van der Waals surface area contributed by atoms with Crippen LogP contribution in [0.5, 0.6) is 0 Å². The molecule has 0 spiro atoms. The molecule has 0 aliphatic heterocycles. The molecular formula is C2H2N4S. The summed E-state index contributed by atoms with van der Waals surface area (Å²) in [6.07, 6.45) is 1.37. The molecule has 0 aliphatic rings. The van der Waals surface area contributed by atoms with E-state index in [4.69, 9.17) is 5.53 Å². The quantitative estimate of drug-likeness (QED) is 0.557. The Labute approximate surface area is 43.9 Å². The summed E-state index contributed by atoms with van der Waals surface area (Å²) in [5, 5.41) is 3.43. The minimum atomic E-state index is 0.403. The van der Waals surface area contributed by atoms with Crippen LogP contribution in [0.25, 0.3) is 0 Å². The molecule has 0 saturated heterocycles. The molecule has 1 aromatic heterocycles. The number of hydrogen-bond donors (Lipinski definition) is 1. The molecule has 0 radical (unpaired) electrons. The summed E-state index contributed by atoms with van der Waals surface area (Å²) >= 11 is 1.11. The van der Waals surface area contributed by atoms with E-state index in [1.165, 1.54) is 6.33 Å². The smallest absolute Gasteiger partial charge is 0.204 e. The van der Waals surface area contributed by atoms with E-state index in [9.17, 15) is 0 Å². The van der Waals surface area contributed by atoms with Crippen LogP contribution in [0.4, 0.5) is 5.13 Å². The van der Waals surface area contributed by atoms with Crippen molar-refractivity contribution in [2.75, 3.05) is 0 Å². The van der Waals surface area contributed by atoms with E-state index >= 15 is 0 Å². The number of hydrogen-bond acceptors (Lipinski definition) is 5. The van der Waals surface area contributed by atoms with Gasteiger partial charge >= 0.3 is 0 Å². The Balaban J connectivity index is 2.96. The molecule has 1 aromatic rings. The molecule has 5 heteroatoms. The molecule has 0 aliphatic carbocycles. The first-order valence-electron chi connectivity index (χ1n) is 1.57. The predicted molar refractivity (Wildman–Crippen MR) is 24.7 cm³/mol. The predicted octanol–water partition coefficient (Wildman–Crippen LogP) is 1.20. The van der Waals surface area contributed by atoms with Crippen molar-refractivity contribution in [3.63, 3.8) is 0 Å². The topological polar surface area (TPSA) is 62.0 Å². The van der Waals surface area contributed by atoms with Crippen LogP contribution in [0.15, 0.2) is 11.4 Å². The van der Waals surface area contributed by atoms with E-state index in [1.807, 2.05) is 0 Å². The fraction of sp³-hybridized carbons (Fsp3) is 0. The summed E-state index contributed by atoms with van der Waals surface area (Å²) in [7, 11) is 0. The second-order valence-corrected chi connectivity index (χ2v) is 1.59. The molecular weight excluding hydrogens is 112 g/mol. The Kier molecular flexibility index (Phi) is 1.08. The van der Waals surface area contributed by atoms with Gasteiger partial charge in [-0.05, 0) is 0 Å². The van der Waals surface area contributed by atoms with Gasteiger partial charge in [0.25, 0.3) is 0 Å². The van der Waals surface area contributed by atoms with Gasteiger partial charge in [-0.3, -0.25) is 0 Å². The standard InChI is InChI=1S/C2H2N4S/c3-6-2-4-1-5-7-2/h1,3H. The van der Waals surface area contributed by atoms with Gasteiger partial charge in [0.1, 0.15) is 6.33 Å². The highest BCUT2D eigenvalue weighted by molar-refractivity contribution is 7.09. The van der Waals surface area contributed by atoms with Gasteiger partial charge in [0.05, 0.1) is 0 Å². The van der Waals surface area contributed by atoms with E-state index in [0.717, 1.165) is 11.5 Å². The largest absolute Gasteiger partial charge is 0.248 e. The Morgan fingerprint density at radius 1 is 1.86 bits per heavy atom. The minimum absolute atomic E-state index is 0.403. The van der Waals surface area contributed by atoms with Gasteiger partial charge in [-0.2, -0.15) is 4.37 Å². The molecule has 1 heterocycles.